The maximum atomic E-state index is 13.4. The quantitative estimate of drug-likeness (QED) is 0.743. The molecule has 4 rings (SSSR count). The van der Waals surface area contributed by atoms with Crippen LogP contribution in [0.1, 0.15) is 30.2 Å². The number of anilines is 1. The highest BCUT2D eigenvalue weighted by atomic mass is 19.1. The van der Waals surface area contributed by atoms with Gasteiger partial charge in [0.1, 0.15) is 16.9 Å². The Morgan fingerprint density at radius 3 is 2.96 bits per heavy atom. The Bertz CT molecular complexity index is 902. The van der Waals surface area contributed by atoms with Crippen LogP contribution in [-0.2, 0) is 26.4 Å². The Hall–Kier alpha value is -2.50. The first-order valence-electron chi connectivity index (χ1n) is 8.36. The zero-order valence-electron chi connectivity index (χ0n) is 14.0. The van der Waals surface area contributed by atoms with Crippen molar-refractivity contribution < 1.29 is 4.39 Å². The van der Waals surface area contributed by atoms with Crippen LogP contribution in [0.4, 0.5) is 10.3 Å². The molecule has 5 nitrogen and oxygen atoms in total. The molecule has 124 valence electrons. The van der Waals surface area contributed by atoms with Gasteiger partial charge < -0.3 is 4.90 Å². The van der Waals surface area contributed by atoms with Crippen molar-refractivity contribution in [2.24, 2.45) is 7.05 Å². The van der Waals surface area contributed by atoms with Gasteiger partial charge in [-0.2, -0.15) is 5.10 Å². The number of nitrogens with zero attached hydrogens (tertiary/aromatic N) is 5. The first-order valence-corrected chi connectivity index (χ1v) is 8.36. The Morgan fingerprint density at radius 2 is 2.12 bits per heavy atom. The van der Waals surface area contributed by atoms with Gasteiger partial charge in [0.2, 0.25) is 5.95 Å². The van der Waals surface area contributed by atoms with Gasteiger partial charge in [0.05, 0.1) is 11.9 Å². The molecule has 2 aromatic heterocycles. The minimum Gasteiger partial charge on any atom is -0.336 e. The molecule has 0 aliphatic carbocycles. The van der Waals surface area contributed by atoms with Crippen molar-refractivity contribution >= 4 is 17.0 Å². The van der Waals surface area contributed by atoms with Gasteiger partial charge in [-0.1, -0.05) is 19.4 Å². The molecule has 24 heavy (non-hydrogen) atoms. The molecule has 0 saturated heterocycles. The van der Waals surface area contributed by atoms with Crippen LogP contribution < -0.4 is 4.90 Å². The van der Waals surface area contributed by atoms with Crippen molar-refractivity contribution in [2.75, 3.05) is 11.4 Å². The van der Waals surface area contributed by atoms with Gasteiger partial charge in [0.15, 0.2) is 0 Å². The summed E-state index contributed by atoms with van der Waals surface area (Å²) in [6.07, 6.45) is 4.61. The third-order valence-corrected chi connectivity index (χ3v) is 4.60. The Labute approximate surface area is 140 Å². The van der Waals surface area contributed by atoms with Crippen LogP contribution in [0.2, 0.25) is 0 Å². The molecule has 0 spiro atoms. The number of hydrogen-bond donors (Lipinski definition) is 0. The first-order chi connectivity index (χ1) is 11.7. The lowest BCUT2D eigenvalue weighted by Crippen LogP contribution is -2.31. The molecule has 3 heterocycles. The van der Waals surface area contributed by atoms with E-state index in [0.717, 1.165) is 59.6 Å². The molecular weight excluding hydrogens is 305 g/mol. The molecule has 6 heteroatoms. The summed E-state index contributed by atoms with van der Waals surface area (Å²) in [6.45, 7) is 3.65. The van der Waals surface area contributed by atoms with Crippen molar-refractivity contribution in [3.8, 4) is 0 Å². The molecule has 0 atom stereocenters. The van der Waals surface area contributed by atoms with Crippen LogP contribution in [0.5, 0.6) is 0 Å². The maximum Gasteiger partial charge on any atom is 0.226 e. The highest BCUT2D eigenvalue weighted by Crippen LogP contribution is 2.25. The van der Waals surface area contributed by atoms with Crippen LogP contribution in [-0.4, -0.2) is 26.3 Å². The summed E-state index contributed by atoms with van der Waals surface area (Å²) in [5, 5.41) is 4.57. The summed E-state index contributed by atoms with van der Waals surface area (Å²) in [5.41, 5.74) is 5.15. The molecule has 0 saturated carbocycles. The van der Waals surface area contributed by atoms with E-state index in [1.807, 2.05) is 24.0 Å². The molecular formula is C18H20FN5. The molecule has 1 aliphatic rings. The number of aryl methyl sites for hydroxylation is 2. The largest absolute Gasteiger partial charge is 0.336 e. The number of rotatable bonds is 3. The standard InChI is InChI=1S/C18H20FN5/c1-3-4-15-17-16(23(2)22-15)10-20-18(21-17)24-8-7-12-9-14(19)6-5-13(12)11-24/h5-6,9-10H,3-4,7-8,11H2,1-2H3. The maximum absolute atomic E-state index is 13.4. The number of benzene rings is 1. The van der Waals surface area contributed by atoms with E-state index in [2.05, 4.69) is 21.9 Å². The zero-order chi connectivity index (χ0) is 16.7. The van der Waals surface area contributed by atoms with E-state index in [-0.39, 0.29) is 5.82 Å². The Morgan fingerprint density at radius 1 is 1.25 bits per heavy atom. The number of hydrogen-bond acceptors (Lipinski definition) is 4. The number of fused-ring (bicyclic) bond motifs is 2. The molecule has 0 bridgehead atoms. The van der Waals surface area contributed by atoms with Gasteiger partial charge in [0.25, 0.3) is 0 Å². The molecule has 0 unspecified atom stereocenters. The summed E-state index contributed by atoms with van der Waals surface area (Å²) in [6, 6.07) is 5.02. The molecule has 0 amide bonds. The molecule has 1 aromatic carbocycles. The molecule has 0 fully saturated rings. The lowest BCUT2D eigenvalue weighted by atomic mass is 10.00. The zero-order valence-corrected chi connectivity index (χ0v) is 14.0. The van der Waals surface area contributed by atoms with E-state index >= 15 is 0 Å². The number of halogens is 1. The van der Waals surface area contributed by atoms with E-state index in [4.69, 9.17) is 4.98 Å². The minimum atomic E-state index is -0.167. The summed E-state index contributed by atoms with van der Waals surface area (Å²) in [5.74, 6) is 0.558. The smallest absolute Gasteiger partial charge is 0.226 e. The van der Waals surface area contributed by atoms with Crippen molar-refractivity contribution in [1.29, 1.82) is 0 Å². The van der Waals surface area contributed by atoms with Crippen LogP contribution in [0, 0.1) is 5.82 Å². The van der Waals surface area contributed by atoms with Gasteiger partial charge >= 0.3 is 0 Å². The third kappa shape index (κ3) is 2.52. The summed E-state index contributed by atoms with van der Waals surface area (Å²) in [4.78, 5) is 11.5. The molecule has 0 N–H and O–H groups in total. The van der Waals surface area contributed by atoms with Crippen molar-refractivity contribution in [2.45, 2.75) is 32.7 Å². The normalized spacial score (nSPS) is 14.2. The average Bonchev–Trinajstić information content (AvgIpc) is 2.90. The monoisotopic (exact) mass is 325 g/mol. The van der Waals surface area contributed by atoms with Gasteiger partial charge in [-0.25, -0.2) is 14.4 Å². The second-order valence-corrected chi connectivity index (χ2v) is 6.31. The van der Waals surface area contributed by atoms with Crippen molar-refractivity contribution in [3.05, 3.63) is 47.0 Å². The fourth-order valence-electron chi connectivity index (χ4n) is 3.35. The van der Waals surface area contributed by atoms with Gasteiger partial charge in [0, 0.05) is 20.1 Å². The van der Waals surface area contributed by atoms with Crippen LogP contribution in [0.15, 0.2) is 24.4 Å². The fourth-order valence-corrected chi connectivity index (χ4v) is 3.35. The van der Waals surface area contributed by atoms with E-state index in [1.165, 1.54) is 6.07 Å². The predicted molar refractivity (Wildman–Crippen MR) is 91.5 cm³/mol. The van der Waals surface area contributed by atoms with E-state index in [0.29, 0.717) is 6.54 Å². The van der Waals surface area contributed by atoms with Crippen LogP contribution in [0.25, 0.3) is 11.0 Å². The number of aromatic nitrogens is 4. The van der Waals surface area contributed by atoms with Gasteiger partial charge in [-0.15, -0.1) is 0 Å². The second kappa shape index (κ2) is 5.85. The van der Waals surface area contributed by atoms with Crippen molar-refractivity contribution in [1.82, 2.24) is 19.7 Å². The highest BCUT2D eigenvalue weighted by molar-refractivity contribution is 5.78. The Kier molecular flexibility index (Phi) is 3.67. The van der Waals surface area contributed by atoms with E-state index in [1.54, 1.807) is 6.07 Å². The highest BCUT2D eigenvalue weighted by Gasteiger charge is 2.20. The fraction of sp³-hybridized carbons (Fsp3) is 0.389. The average molecular weight is 325 g/mol. The summed E-state index contributed by atoms with van der Waals surface area (Å²) < 4.78 is 15.2. The summed E-state index contributed by atoms with van der Waals surface area (Å²) >= 11 is 0. The SMILES string of the molecule is CCCc1nn(C)c2cnc(N3CCc4cc(F)ccc4C3)nc12. The Balaban J connectivity index is 1.69. The lowest BCUT2D eigenvalue weighted by Gasteiger charge is -2.28. The van der Waals surface area contributed by atoms with Crippen molar-refractivity contribution in [3.63, 3.8) is 0 Å². The molecule has 1 aliphatic heterocycles. The van der Waals surface area contributed by atoms with E-state index in [9.17, 15) is 4.39 Å². The molecule has 3 aromatic rings. The van der Waals surface area contributed by atoms with Crippen LogP contribution in [0.3, 0.4) is 0 Å². The van der Waals surface area contributed by atoms with Crippen LogP contribution >= 0.6 is 0 Å². The second-order valence-electron chi connectivity index (χ2n) is 6.31. The van der Waals surface area contributed by atoms with Gasteiger partial charge in [-0.3, -0.25) is 4.68 Å². The summed E-state index contributed by atoms with van der Waals surface area (Å²) in [7, 11) is 1.93. The molecule has 0 radical (unpaired) electrons. The topological polar surface area (TPSA) is 46.8 Å². The first kappa shape index (κ1) is 15.1. The van der Waals surface area contributed by atoms with E-state index < -0.39 is 0 Å². The third-order valence-electron chi connectivity index (χ3n) is 4.60. The van der Waals surface area contributed by atoms with Gasteiger partial charge in [-0.05, 0) is 36.1 Å². The predicted octanol–water partition coefficient (Wildman–Crippen LogP) is 3.02. The minimum absolute atomic E-state index is 0.167. The lowest BCUT2D eigenvalue weighted by molar-refractivity contribution is 0.618.